The highest BCUT2D eigenvalue weighted by molar-refractivity contribution is 7.18. The zero-order valence-corrected chi connectivity index (χ0v) is 22.1. The smallest absolute Gasteiger partial charge is 0.261 e. The number of hydrogen-bond acceptors (Lipinski definition) is 6. The standard InChI is InChI=1S/C28H30ClN3O3S/c1-34-20-7-8-21(24(14-20)35-2)25-10-11-26(36-25)27-31-23-9-6-19(29)13-22(23)28(33)32(27)16-18-5-3-4-17(12-18)15-30/h6-11,13-14,17-18H,3-5,12,15-16,30H2,1-2H3. The normalized spacial score (nSPS) is 17.9. The van der Waals surface area contributed by atoms with Crippen LogP contribution in [0, 0.1) is 11.8 Å². The van der Waals surface area contributed by atoms with Gasteiger partial charge >= 0.3 is 0 Å². The van der Waals surface area contributed by atoms with Crippen molar-refractivity contribution in [3.8, 4) is 32.6 Å². The molecule has 2 atom stereocenters. The van der Waals surface area contributed by atoms with Crippen LogP contribution in [0.3, 0.4) is 0 Å². The minimum Gasteiger partial charge on any atom is -0.497 e. The van der Waals surface area contributed by atoms with Crippen molar-refractivity contribution in [3.05, 3.63) is 63.9 Å². The third-order valence-corrected chi connectivity index (χ3v) is 8.43. The molecule has 0 radical (unpaired) electrons. The number of methoxy groups -OCH3 is 2. The Kier molecular flexibility index (Phi) is 7.32. The number of halogens is 1. The molecule has 0 amide bonds. The van der Waals surface area contributed by atoms with Crippen LogP contribution < -0.4 is 20.8 Å². The van der Waals surface area contributed by atoms with E-state index in [1.54, 1.807) is 37.7 Å². The number of nitrogens with zero attached hydrogens (tertiary/aromatic N) is 2. The van der Waals surface area contributed by atoms with Crippen molar-refractivity contribution in [3.63, 3.8) is 0 Å². The van der Waals surface area contributed by atoms with Crippen LogP contribution >= 0.6 is 22.9 Å². The van der Waals surface area contributed by atoms with Gasteiger partial charge in [0.25, 0.3) is 5.56 Å². The Balaban J connectivity index is 1.60. The molecule has 1 fully saturated rings. The molecule has 1 aliphatic carbocycles. The summed E-state index contributed by atoms with van der Waals surface area (Å²) in [4.78, 5) is 20.7. The summed E-state index contributed by atoms with van der Waals surface area (Å²) in [5.74, 6) is 3.06. The van der Waals surface area contributed by atoms with Gasteiger partial charge in [0.2, 0.25) is 0 Å². The van der Waals surface area contributed by atoms with Gasteiger partial charge in [-0.2, -0.15) is 0 Å². The SMILES string of the molecule is COc1ccc(-c2ccc(-c3nc4ccc(Cl)cc4c(=O)n3CC3CCCC(CN)C3)s2)c(OC)c1. The van der Waals surface area contributed by atoms with Crippen LogP contribution in [-0.4, -0.2) is 30.3 Å². The van der Waals surface area contributed by atoms with E-state index in [-0.39, 0.29) is 5.56 Å². The molecule has 4 aromatic rings. The van der Waals surface area contributed by atoms with E-state index in [0.29, 0.717) is 46.7 Å². The van der Waals surface area contributed by atoms with Gasteiger partial charge < -0.3 is 15.2 Å². The molecule has 2 aromatic heterocycles. The molecule has 2 unspecified atom stereocenters. The second kappa shape index (κ2) is 10.6. The zero-order valence-electron chi connectivity index (χ0n) is 20.5. The van der Waals surface area contributed by atoms with E-state index in [9.17, 15) is 4.79 Å². The first-order chi connectivity index (χ1) is 17.5. The van der Waals surface area contributed by atoms with E-state index in [0.717, 1.165) is 52.5 Å². The molecule has 0 spiro atoms. The molecule has 0 bridgehead atoms. The number of hydrogen-bond donors (Lipinski definition) is 1. The Hall–Kier alpha value is -2.87. The molecule has 0 saturated heterocycles. The first kappa shape index (κ1) is 24.8. The predicted octanol–water partition coefficient (Wildman–Crippen LogP) is 6.23. The lowest BCUT2D eigenvalue weighted by Crippen LogP contribution is -2.30. The Morgan fingerprint density at radius 2 is 1.86 bits per heavy atom. The van der Waals surface area contributed by atoms with Gasteiger partial charge in [-0.05, 0) is 80.1 Å². The number of nitrogens with two attached hydrogens (primary N) is 1. The molecular weight excluding hydrogens is 494 g/mol. The van der Waals surface area contributed by atoms with Gasteiger partial charge in [-0.25, -0.2) is 4.98 Å². The first-order valence-electron chi connectivity index (χ1n) is 12.2. The number of ether oxygens (including phenoxy) is 2. The highest BCUT2D eigenvalue weighted by atomic mass is 35.5. The molecule has 2 N–H and O–H groups in total. The summed E-state index contributed by atoms with van der Waals surface area (Å²) in [6.45, 7) is 1.32. The number of thiophene rings is 1. The van der Waals surface area contributed by atoms with E-state index in [4.69, 9.17) is 31.8 Å². The molecular formula is C28H30ClN3O3S. The van der Waals surface area contributed by atoms with Gasteiger partial charge in [0.05, 0.1) is 30.0 Å². The van der Waals surface area contributed by atoms with Gasteiger partial charge in [-0.3, -0.25) is 9.36 Å². The maximum absolute atomic E-state index is 13.8. The monoisotopic (exact) mass is 523 g/mol. The summed E-state index contributed by atoms with van der Waals surface area (Å²) >= 11 is 7.84. The fourth-order valence-corrected chi connectivity index (χ4v) is 6.40. The Morgan fingerprint density at radius 3 is 2.64 bits per heavy atom. The summed E-state index contributed by atoms with van der Waals surface area (Å²) in [5, 5.41) is 1.08. The quantitative estimate of drug-likeness (QED) is 0.311. The van der Waals surface area contributed by atoms with E-state index < -0.39 is 0 Å². The fourth-order valence-electron chi connectivity index (χ4n) is 5.20. The molecule has 1 saturated carbocycles. The maximum Gasteiger partial charge on any atom is 0.261 e. The lowest BCUT2D eigenvalue weighted by atomic mass is 9.81. The summed E-state index contributed by atoms with van der Waals surface area (Å²) in [6, 6.07) is 15.2. The largest absolute Gasteiger partial charge is 0.497 e. The molecule has 5 rings (SSSR count). The first-order valence-corrected chi connectivity index (χ1v) is 13.4. The summed E-state index contributed by atoms with van der Waals surface area (Å²) in [7, 11) is 3.29. The topological polar surface area (TPSA) is 79.4 Å². The van der Waals surface area contributed by atoms with E-state index in [1.807, 2.05) is 34.9 Å². The predicted molar refractivity (Wildman–Crippen MR) is 147 cm³/mol. The molecule has 36 heavy (non-hydrogen) atoms. The molecule has 0 aliphatic heterocycles. The van der Waals surface area contributed by atoms with Crippen LogP contribution in [0.4, 0.5) is 0 Å². The second-order valence-electron chi connectivity index (χ2n) is 9.38. The van der Waals surface area contributed by atoms with E-state index >= 15 is 0 Å². The van der Waals surface area contributed by atoms with Crippen molar-refractivity contribution in [2.75, 3.05) is 20.8 Å². The van der Waals surface area contributed by atoms with E-state index in [1.165, 1.54) is 0 Å². The Bertz CT molecular complexity index is 1450. The number of rotatable bonds is 7. The summed E-state index contributed by atoms with van der Waals surface area (Å²) < 4.78 is 12.8. The number of benzene rings is 2. The van der Waals surface area contributed by atoms with Crippen molar-refractivity contribution in [1.29, 1.82) is 0 Å². The molecule has 8 heteroatoms. The molecule has 6 nitrogen and oxygen atoms in total. The van der Waals surface area contributed by atoms with Gasteiger partial charge in [0.15, 0.2) is 5.82 Å². The molecule has 2 aromatic carbocycles. The van der Waals surface area contributed by atoms with Crippen LogP contribution in [0.5, 0.6) is 11.5 Å². The molecule has 1 aliphatic rings. The average molecular weight is 524 g/mol. The fraction of sp³-hybridized carbons (Fsp3) is 0.357. The van der Waals surface area contributed by atoms with Gasteiger partial charge in [0, 0.05) is 28.1 Å². The van der Waals surface area contributed by atoms with Crippen LogP contribution in [-0.2, 0) is 6.54 Å². The second-order valence-corrected chi connectivity index (χ2v) is 10.9. The lowest BCUT2D eigenvalue weighted by molar-refractivity contribution is 0.246. The van der Waals surface area contributed by atoms with Crippen LogP contribution in [0.15, 0.2) is 53.3 Å². The number of aromatic nitrogens is 2. The van der Waals surface area contributed by atoms with Crippen LogP contribution in [0.25, 0.3) is 32.0 Å². The molecule has 188 valence electrons. The van der Waals surface area contributed by atoms with Crippen molar-refractivity contribution < 1.29 is 9.47 Å². The van der Waals surface area contributed by atoms with Gasteiger partial charge in [-0.15, -0.1) is 11.3 Å². The van der Waals surface area contributed by atoms with E-state index in [2.05, 4.69) is 6.07 Å². The third-order valence-electron chi connectivity index (χ3n) is 7.08. The van der Waals surface area contributed by atoms with Crippen LogP contribution in [0.2, 0.25) is 5.02 Å². The summed E-state index contributed by atoms with van der Waals surface area (Å²) in [5.41, 5.74) is 7.55. The highest BCUT2D eigenvalue weighted by Gasteiger charge is 2.24. The Morgan fingerprint density at radius 1 is 1.06 bits per heavy atom. The molecule has 2 heterocycles. The van der Waals surface area contributed by atoms with Crippen molar-refractivity contribution in [2.24, 2.45) is 17.6 Å². The highest BCUT2D eigenvalue weighted by Crippen LogP contribution is 2.40. The van der Waals surface area contributed by atoms with Crippen molar-refractivity contribution in [1.82, 2.24) is 9.55 Å². The zero-order chi connectivity index (χ0) is 25.2. The van der Waals surface area contributed by atoms with Crippen LogP contribution in [0.1, 0.15) is 25.7 Å². The lowest BCUT2D eigenvalue weighted by Gasteiger charge is -2.29. The van der Waals surface area contributed by atoms with Crippen molar-refractivity contribution >= 4 is 33.8 Å². The van der Waals surface area contributed by atoms with Crippen molar-refractivity contribution in [2.45, 2.75) is 32.2 Å². The van der Waals surface area contributed by atoms with Gasteiger partial charge in [0.1, 0.15) is 11.5 Å². The third kappa shape index (κ3) is 4.88. The van der Waals surface area contributed by atoms with Gasteiger partial charge in [-0.1, -0.05) is 18.0 Å². The Labute approximate surface area is 219 Å². The summed E-state index contributed by atoms with van der Waals surface area (Å²) in [6.07, 6.45) is 4.44. The average Bonchev–Trinajstić information content (AvgIpc) is 3.40. The number of fused-ring (bicyclic) bond motifs is 1. The minimum atomic E-state index is -0.0515. The maximum atomic E-state index is 13.8. The minimum absolute atomic E-state index is 0.0515.